The van der Waals surface area contributed by atoms with Gasteiger partial charge in [0, 0.05) is 7.11 Å². The molecule has 0 aliphatic heterocycles. The van der Waals surface area contributed by atoms with E-state index in [1.807, 2.05) is 0 Å². The summed E-state index contributed by atoms with van der Waals surface area (Å²) in [4.78, 5) is 15.3. The Morgan fingerprint density at radius 3 is 3.07 bits per heavy atom. The Morgan fingerprint density at radius 1 is 1.73 bits per heavy atom. The second-order valence-corrected chi connectivity index (χ2v) is 3.28. The van der Waals surface area contributed by atoms with Crippen LogP contribution < -0.4 is 11.1 Å². The Hall–Kier alpha value is -1.17. The predicted octanol–water partition coefficient (Wildman–Crippen LogP) is 0.647. The van der Waals surface area contributed by atoms with Crippen LogP contribution in [0.2, 0.25) is 5.15 Å². The molecule has 0 saturated carbocycles. The highest BCUT2D eigenvalue weighted by Crippen LogP contribution is 2.09. The van der Waals surface area contributed by atoms with Crippen molar-refractivity contribution in [2.75, 3.05) is 19.0 Å². The molecule has 1 atom stereocenters. The van der Waals surface area contributed by atoms with Gasteiger partial charge in [-0.3, -0.25) is 4.79 Å². The summed E-state index contributed by atoms with van der Waals surface area (Å²) in [6.45, 7) is 0.159. The van der Waals surface area contributed by atoms with Crippen molar-refractivity contribution in [1.82, 2.24) is 4.98 Å². The van der Waals surface area contributed by atoms with E-state index in [0.29, 0.717) is 11.0 Å². The molecule has 6 heteroatoms. The van der Waals surface area contributed by atoms with Crippen LogP contribution in [0.5, 0.6) is 0 Å². The van der Waals surface area contributed by atoms with E-state index < -0.39 is 6.04 Å². The number of amides is 1. The normalized spacial score (nSPS) is 12.2. The minimum Gasteiger partial charge on any atom is -0.383 e. The van der Waals surface area contributed by atoms with E-state index in [1.54, 1.807) is 18.2 Å². The summed E-state index contributed by atoms with van der Waals surface area (Å²) in [5.74, 6) is 0.0191. The topological polar surface area (TPSA) is 77.2 Å². The molecular weight excluding hydrogens is 218 g/mol. The van der Waals surface area contributed by atoms with Crippen LogP contribution in [0.3, 0.4) is 0 Å². The van der Waals surface area contributed by atoms with Gasteiger partial charge in [0.2, 0.25) is 5.91 Å². The van der Waals surface area contributed by atoms with Crippen molar-refractivity contribution >= 4 is 23.3 Å². The van der Waals surface area contributed by atoms with E-state index in [1.165, 1.54) is 7.11 Å². The molecule has 82 valence electrons. The standard InChI is InChI=1S/C9H12ClN3O2/c1-15-5-6(11)9(14)13-8-4-2-3-7(10)12-8/h2-4,6H,5,11H2,1H3,(H,12,13,14). The van der Waals surface area contributed by atoms with E-state index >= 15 is 0 Å². The van der Waals surface area contributed by atoms with E-state index in [9.17, 15) is 4.79 Å². The number of methoxy groups -OCH3 is 1. The second kappa shape index (κ2) is 5.65. The quantitative estimate of drug-likeness (QED) is 0.743. The Morgan fingerprint density at radius 2 is 2.47 bits per heavy atom. The summed E-state index contributed by atoms with van der Waals surface area (Å²) >= 11 is 5.65. The zero-order valence-electron chi connectivity index (χ0n) is 8.24. The fourth-order valence-corrected chi connectivity index (χ4v) is 1.12. The van der Waals surface area contributed by atoms with Gasteiger partial charge < -0.3 is 15.8 Å². The number of carbonyl (C=O) groups is 1. The molecule has 1 aromatic rings. The first-order valence-corrected chi connectivity index (χ1v) is 4.69. The van der Waals surface area contributed by atoms with Gasteiger partial charge in [0.1, 0.15) is 17.0 Å². The maximum absolute atomic E-state index is 11.4. The number of anilines is 1. The lowest BCUT2D eigenvalue weighted by atomic mass is 10.3. The molecule has 0 radical (unpaired) electrons. The van der Waals surface area contributed by atoms with Crippen molar-refractivity contribution < 1.29 is 9.53 Å². The van der Waals surface area contributed by atoms with Crippen LogP contribution in [0.25, 0.3) is 0 Å². The first-order valence-electron chi connectivity index (χ1n) is 4.31. The Labute approximate surface area is 92.6 Å². The zero-order chi connectivity index (χ0) is 11.3. The number of nitrogens with two attached hydrogens (primary N) is 1. The van der Waals surface area contributed by atoms with Gasteiger partial charge in [0.15, 0.2) is 0 Å². The average molecular weight is 230 g/mol. The van der Waals surface area contributed by atoms with Gasteiger partial charge in [-0.2, -0.15) is 0 Å². The highest BCUT2D eigenvalue weighted by atomic mass is 35.5. The highest BCUT2D eigenvalue weighted by Gasteiger charge is 2.13. The van der Waals surface area contributed by atoms with E-state index in [-0.39, 0.29) is 12.5 Å². The van der Waals surface area contributed by atoms with Gasteiger partial charge in [-0.15, -0.1) is 0 Å². The highest BCUT2D eigenvalue weighted by molar-refractivity contribution is 6.29. The Balaban J connectivity index is 2.58. The molecule has 5 nitrogen and oxygen atoms in total. The first kappa shape index (κ1) is 11.9. The number of pyridine rings is 1. The number of hydrogen-bond acceptors (Lipinski definition) is 4. The maximum Gasteiger partial charge on any atom is 0.244 e. The van der Waals surface area contributed by atoms with Gasteiger partial charge in [0.05, 0.1) is 6.61 Å². The number of hydrogen-bond donors (Lipinski definition) is 2. The summed E-state index contributed by atoms with van der Waals surface area (Å²) in [5, 5.41) is 2.84. The molecule has 3 N–H and O–H groups in total. The van der Waals surface area contributed by atoms with Crippen molar-refractivity contribution in [2.45, 2.75) is 6.04 Å². The third-order valence-corrected chi connectivity index (χ3v) is 1.86. The molecule has 0 aromatic carbocycles. The fourth-order valence-electron chi connectivity index (χ4n) is 0.952. The summed E-state index contributed by atoms with van der Waals surface area (Å²) in [5.41, 5.74) is 5.52. The number of rotatable bonds is 4. The van der Waals surface area contributed by atoms with Crippen LogP contribution >= 0.6 is 11.6 Å². The lowest BCUT2D eigenvalue weighted by Gasteiger charge is -2.10. The molecule has 0 saturated heterocycles. The van der Waals surface area contributed by atoms with Crippen LogP contribution in [0.4, 0.5) is 5.82 Å². The van der Waals surface area contributed by atoms with Crippen LogP contribution in [-0.4, -0.2) is 30.6 Å². The molecule has 0 fully saturated rings. The lowest BCUT2D eigenvalue weighted by molar-refractivity contribution is -0.118. The molecular formula is C9H12ClN3O2. The molecule has 15 heavy (non-hydrogen) atoms. The molecule has 0 aliphatic carbocycles. The van der Waals surface area contributed by atoms with Gasteiger partial charge in [0.25, 0.3) is 0 Å². The van der Waals surface area contributed by atoms with E-state index in [4.69, 9.17) is 22.1 Å². The third-order valence-electron chi connectivity index (χ3n) is 1.65. The number of halogens is 1. The van der Waals surface area contributed by atoms with Crippen LogP contribution in [0.15, 0.2) is 18.2 Å². The fraction of sp³-hybridized carbons (Fsp3) is 0.333. The summed E-state index contributed by atoms with van der Waals surface area (Å²) in [7, 11) is 1.48. The summed E-state index contributed by atoms with van der Waals surface area (Å²) in [6.07, 6.45) is 0. The summed E-state index contributed by atoms with van der Waals surface area (Å²) < 4.78 is 4.75. The smallest absolute Gasteiger partial charge is 0.244 e. The average Bonchev–Trinajstić information content (AvgIpc) is 2.18. The molecule has 0 spiro atoms. The van der Waals surface area contributed by atoms with E-state index in [0.717, 1.165) is 0 Å². The SMILES string of the molecule is COCC(N)C(=O)Nc1cccc(Cl)n1. The molecule has 1 unspecified atom stereocenters. The number of ether oxygens (including phenoxy) is 1. The number of nitrogens with one attached hydrogen (secondary N) is 1. The number of carbonyl (C=O) groups excluding carboxylic acids is 1. The van der Waals surface area contributed by atoms with Crippen molar-refractivity contribution in [3.8, 4) is 0 Å². The monoisotopic (exact) mass is 229 g/mol. The summed E-state index contributed by atoms with van der Waals surface area (Å²) in [6, 6.07) is 4.22. The van der Waals surface area contributed by atoms with Crippen LogP contribution in [0.1, 0.15) is 0 Å². The van der Waals surface area contributed by atoms with Crippen LogP contribution in [0, 0.1) is 0 Å². The lowest BCUT2D eigenvalue weighted by Crippen LogP contribution is -2.39. The molecule has 0 aliphatic rings. The zero-order valence-corrected chi connectivity index (χ0v) is 8.99. The Bertz CT molecular complexity index is 346. The maximum atomic E-state index is 11.4. The van der Waals surface area contributed by atoms with Crippen LogP contribution in [-0.2, 0) is 9.53 Å². The minimum atomic E-state index is -0.712. The van der Waals surface area contributed by atoms with Gasteiger partial charge in [-0.25, -0.2) is 4.98 Å². The van der Waals surface area contributed by atoms with Gasteiger partial charge >= 0.3 is 0 Å². The molecule has 1 aromatic heterocycles. The third kappa shape index (κ3) is 3.83. The molecule has 1 rings (SSSR count). The number of aromatic nitrogens is 1. The molecule has 1 amide bonds. The molecule has 1 heterocycles. The van der Waals surface area contributed by atoms with Gasteiger partial charge in [-0.1, -0.05) is 17.7 Å². The van der Waals surface area contributed by atoms with Crippen molar-refractivity contribution in [3.63, 3.8) is 0 Å². The first-order chi connectivity index (χ1) is 7.13. The minimum absolute atomic E-state index is 0.159. The second-order valence-electron chi connectivity index (χ2n) is 2.90. The predicted molar refractivity (Wildman–Crippen MR) is 57.7 cm³/mol. The van der Waals surface area contributed by atoms with E-state index in [2.05, 4.69) is 10.3 Å². The van der Waals surface area contributed by atoms with Gasteiger partial charge in [-0.05, 0) is 12.1 Å². The van der Waals surface area contributed by atoms with Crippen molar-refractivity contribution in [1.29, 1.82) is 0 Å². The van der Waals surface area contributed by atoms with Crippen molar-refractivity contribution in [3.05, 3.63) is 23.4 Å². The largest absolute Gasteiger partial charge is 0.383 e. The van der Waals surface area contributed by atoms with Crippen molar-refractivity contribution in [2.24, 2.45) is 5.73 Å². The Kier molecular flexibility index (Phi) is 4.48. The number of nitrogens with zero attached hydrogens (tertiary/aromatic N) is 1. The molecule has 0 bridgehead atoms.